The van der Waals surface area contributed by atoms with Gasteiger partial charge in [0.2, 0.25) is 15.9 Å². The largest absolute Gasteiger partial charge is 0.354 e. The summed E-state index contributed by atoms with van der Waals surface area (Å²) in [5, 5.41) is 3.93. The summed E-state index contributed by atoms with van der Waals surface area (Å²) in [6, 6.07) is 12.6. The van der Waals surface area contributed by atoms with Gasteiger partial charge in [-0.2, -0.15) is 11.8 Å². The summed E-state index contributed by atoms with van der Waals surface area (Å²) in [6.07, 6.45) is 1.07. The van der Waals surface area contributed by atoms with Gasteiger partial charge >= 0.3 is 0 Å². The monoisotopic (exact) mass is 460 g/mol. The molecule has 0 aromatic heterocycles. The Morgan fingerprint density at radius 2 is 1.79 bits per heavy atom. The summed E-state index contributed by atoms with van der Waals surface area (Å²) in [7, 11) is -3.63. The Hall–Kier alpha value is -1.41. The van der Waals surface area contributed by atoms with Crippen LogP contribution in [0.25, 0.3) is 0 Å². The lowest BCUT2D eigenvalue weighted by Crippen LogP contribution is -2.41. The van der Waals surface area contributed by atoms with Crippen LogP contribution >= 0.6 is 35.0 Å². The van der Waals surface area contributed by atoms with Gasteiger partial charge in [0.1, 0.15) is 6.54 Å². The van der Waals surface area contributed by atoms with Gasteiger partial charge in [0.25, 0.3) is 0 Å². The second-order valence-electron chi connectivity index (χ2n) is 6.15. The number of nitrogens with zero attached hydrogens (tertiary/aromatic N) is 1. The minimum atomic E-state index is -3.63. The Morgan fingerprint density at radius 3 is 2.46 bits per heavy atom. The van der Waals surface area contributed by atoms with Crippen LogP contribution in [0.1, 0.15) is 11.1 Å². The van der Waals surface area contributed by atoms with Crippen molar-refractivity contribution in [2.45, 2.75) is 12.7 Å². The molecule has 0 aliphatic heterocycles. The molecule has 0 unspecified atom stereocenters. The van der Waals surface area contributed by atoms with E-state index in [2.05, 4.69) is 5.32 Å². The van der Waals surface area contributed by atoms with Gasteiger partial charge in [0, 0.05) is 28.1 Å². The van der Waals surface area contributed by atoms with E-state index in [1.165, 1.54) is 0 Å². The Kier molecular flexibility index (Phi) is 8.49. The van der Waals surface area contributed by atoms with E-state index >= 15 is 0 Å². The number of carbonyl (C=O) groups is 1. The van der Waals surface area contributed by atoms with E-state index in [1.54, 1.807) is 36.9 Å². The number of thioether (sulfide) groups is 1. The summed E-state index contributed by atoms with van der Waals surface area (Å²) < 4.78 is 25.4. The average Bonchev–Trinajstić information content (AvgIpc) is 2.62. The smallest absolute Gasteiger partial charge is 0.240 e. The number of amides is 1. The van der Waals surface area contributed by atoms with E-state index < -0.39 is 10.0 Å². The average molecular weight is 461 g/mol. The summed E-state index contributed by atoms with van der Waals surface area (Å²) in [5.74, 6) is 1.06. The first kappa shape index (κ1) is 22.9. The minimum absolute atomic E-state index is 0.296. The maximum absolute atomic E-state index is 12.3. The van der Waals surface area contributed by atoms with E-state index in [0.717, 1.165) is 26.9 Å². The van der Waals surface area contributed by atoms with Crippen LogP contribution in [0.15, 0.2) is 42.5 Å². The Labute approximate surface area is 180 Å². The zero-order valence-electron chi connectivity index (χ0n) is 15.6. The van der Waals surface area contributed by atoms with Crippen LogP contribution in [0.4, 0.5) is 5.69 Å². The van der Waals surface area contributed by atoms with Crippen LogP contribution in [0.3, 0.4) is 0 Å². The zero-order valence-corrected chi connectivity index (χ0v) is 18.8. The fraction of sp³-hybridized carbons (Fsp3) is 0.316. The number of carbonyl (C=O) groups excluding carboxylic acids is 1. The highest BCUT2D eigenvalue weighted by Gasteiger charge is 2.22. The lowest BCUT2D eigenvalue weighted by atomic mass is 10.2. The van der Waals surface area contributed by atoms with Crippen molar-refractivity contribution >= 4 is 56.6 Å². The molecule has 2 aromatic carbocycles. The molecule has 1 amide bonds. The van der Waals surface area contributed by atoms with Crippen LogP contribution in [0.2, 0.25) is 10.0 Å². The third kappa shape index (κ3) is 6.58. The highest BCUT2D eigenvalue weighted by atomic mass is 35.5. The highest BCUT2D eigenvalue weighted by Crippen LogP contribution is 2.28. The first-order valence-electron chi connectivity index (χ1n) is 8.51. The predicted octanol–water partition coefficient (Wildman–Crippen LogP) is 4.12. The number of nitrogens with one attached hydrogen (secondary N) is 1. The molecule has 0 bridgehead atoms. The molecular weight excluding hydrogens is 439 g/mol. The topological polar surface area (TPSA) is 66.5 Å². The molecule has 5 nitrogen and oxygen atoms in total. The maximum atomic E-state index is 12.3. The molecule has 0 heterocycles. The van der Waals surface area contributed by atoms with Gasteiger partial charge in [-0.05, 0) is 36.2 Å². The summed E-state index contributed by atoms with van der Waals surface area (Å²) in [5.41, 5.74) is 2.05. The lowest BCUT2D eigenvalue weighted by Gasteiger charge is -2.24. The molecule has 0 saturated carbocycles. The van der Waals surface area contributed by atoms with E-state index in [4.69, 9.17) is 23.2 Å². The molecule has 0 aliphatic carbocycles. The fourth-order valence-electron chi connectivity index (χ4n) is 2.49. The predicted molar refractivity (Wildman–Crippen MR) is 119 cm³/mol. The third-order valence-corrected chi connectivity index (χ3v) is 6.89. The Balaban J connectivity index is 1.89. The number of benzene rings is 2. The molecule has 2 rings (SSSR count). The molecule has 0 atom stereocenters. The van der Waals surface area contributed by atoms with Crippen molar-refractivity contribution in [1.29, 1.82) is 0 Å². The van der Waals surface area contributed by atoms with Gasteiger partial charge < -0.3 is 5.32 Å². The minimum Gasteiger partial charge on any atom is -0.354 e. The van der Waals surface area contributed by atoms with E-state index in [-0.39, 0.29) is 12.5 Å². The number of hydrogen-bond acceptors (Lipinski definition) is 4. The molecule has 152 valence electrons. The van der Waals surface area contributed by atoms with Crippen molar-refractivity contribution < 1.29 is 13.2 Å². The fourth-order valence-corrected chi connectivity index (χ4v) is 4.71. The molecular formula is C19H22Cl2N2O3S2. The second kappa shape index (κ2) is 10.4. The number of rotatable bonds is 9. The normalized spacial score (nSPS) is 11.3. The van der Waals surface area contributed by atoms with Crippen molar-refractivity contribution in [2.24, 2.45) is 0 Å². The van der Waals surface area contributed by atoms with E-state index in [1.807, 2.05) is 24.3 Å². The first-order chi connectivity index (χ1) is 13.2. The SMILES string of the molecule is Cc1c(Cl)cccc1N(CC(=O)NCCSCc1ccccc1Cl)S(C)(=O)=O. The molecule has 1 N–H and O–H groups in total. The van der Waals surface area contributed by atoms with Gasteiger partial charge in [-0.1, -0.05) is 47.5 Å². The van der Waals surface area contributed by atoms with Gasteiger partial charge in [0.15, 0.2) is 0 Å². The quantitative estimate of drug-likeness (QED) is 0.571. The van der Waals surface area contributed by atoms with Crippen LogP contribution < -0.4 is 9.62 Å². The van der Waals surface area contributed by atoms with Gasteiger partial charge in [-0.3, -0.25) is 9.10 Å². The molecule has 0 fully saturated rings. The molecule has 28 heavy (non-hydrogen) atoms. The van der Waals surface area contributed by atoms with Gasteiger partial charge in [-0.15, -0.1) is 0 Å². The van der Waals surface area contributed by atoms with Crippen LogP contribution in [0, 0.1) is 6.92 Å². The maximum Gasteiger partial charge on any atom is 0.240 e. The van der Waals surface area contributed by atoms with Crippen molar-refractivity contribution in [3.8, 4) is 0 Å². The summed E-state index contributed by atoms with van der Waals surface area (Å²) in [4.78, 5) is 12.3. The van der Waals surface area contributed by atoms with Crippen molar-refractivity contribution in [3.63, 3.8) is 0 Å². The standard InChI is InChI=1S/C19H22Cl2N2O3S2/c1-14-16(20)8-5-9-18(14)23(28(2,25)26)12-19(24)22-10-11-27-13-15-6-3-4-7-17(15)21/h3-9H,10-13H2,1-2H3,(H,22,24). The molecule has 2 aromatic rings. The van der Waals surface area contributed by atoms with E-state index in [0.29, 0.717) is 28.6 Å². The molecule has 9 heteroatoms. The summed E-state index contributed by atoms with van der Waals surface area (Å²) in [6.45, 7) is 1.86. The van der Waals surface area contributed by atoms with E-state index in [9.17, 15) is 13.2 Å². The van der Waals surface area contributed by atoms with Gasteiger partial charge in [0.05, 0.1) is 11.9 Å². The second-order valence-corrected chi connectivity index (χ2v) is 9.97. The highest BCUT2D eigenvalue weighted by molar-refractivity contribution is 7.98. The van der Waals surface area contributed by atoms with Gasteiger partial charge in [-0.25, -0.2) is 8.42 Å². The zero-order chi connectivity index (χ0) is 20.7. The number of sulfonamides is 1. The van der Waals surface area contributed by atoms with Crippen molar-refractivity contribution in [3.05, 3.63) is 63.6 Å². The van der Waals surface area contributed by atoms with Crippen LogP contribution in [0.5, 0.6) is 0 Å². The molecule has 0 spiro atoms. The van der Waals surface area contributed by atoms with Crippen LogP contribution in [-0.4, -0.2) is 39.4 Å². The number of halogens is 2. The molecule has 0 aliphatic rings. The Morgan fingerprint density at radius 1 is 1.11 bits per heavy atom. The van der Waals surface area contributed by atoms with Crippen LogP contribution in [-0.2, 0) is 20.6 Å². The molecule has 0 saturated heterocycles. The number of hydrogen-bond donors (Lipinski definition) is 1. The number of anilines is 1. The Bertz CT molecular complexity index is 937. The van der Waals surface area contributed by atoms with Crippen molar-refractivity contribution in [2.75, 3.05) is 29.4 Å². The lowest BCUT2D eigenvalue weighted by molar-refractivity contribution is -0.119. The summed E-state index contributed by atoms with van der Waals surface area (Å²) >= 11 is 13.8. The van der Waals surface area contributed by atoms with Crippen molar-refractivity contribution in [1.82, 2.24) is 5.32 Å². The molecule has 0 radical (unpaired) electrons. The first-order valence-corrected chi connectivity index (χ1v) is 12.3. The third-order valence-electron chi connectivity index (χ3n) is 3.98.